The van der Waals surface area contributed by atoms with E-state index in [1.807, 2.05) is 55.1 Å². The van der Waals surface area contributed by atoms with E-state index in [2.05, 4.69) is 24.5 Å². The molecule has 0 atom stereocenters. The van der Waals surface area contributed by atoms with Crippen molar-refractivity contribution in [3.05, 3.63) is 52.8 Å². The van der Waals surface area contributed by atoms with Gasteiger partial charge in [-0.1, -0.05) is 22.7 Å². The summed E-state index contributed by atoms with van der Waals surface area (Å²) in [6, 6.07) is 11.4. The van der Waals surface area contributed by atoms with Gasteiger partial charge < -0.3 is 14.5 Å². The zero-order chi connectivity index (χ0) is 19.5. The molecule has 0 bridgehead atoms. The lowest BCUT2D eigenvalue weighted by molar-refractivity contribution is 0.0750. The Morgan fingerprint density at radius 3 is 2.50 bits per heavy atom. The Bertz CT molecular complexity index is 970. The van der Waals surface area contributed by atoms with E-state index < -0.39 is 0 Å². The van der Waals surface area contributed by atoms with Crippen LogP contribution >= 0.6 is 11.5 Å². The van der Waals surface area contributed by atoms with Crippen LogP contribution < -0.4 is 9.64 Å². The van der Waals surface area contributed by atoms with E-state index in [1.54, 1.807) is 0 Å². The maximum atomic E-state index is 12.6. The second-order valence-corrected chi connectivity index (χ2v) is 7.25. The summed E-state index contributed by atoms with van der Waals surface area (Å²) in [5.41, 5.74) is 0.687. The highest BCUT2D eigenvalue weighted by Crippen LogP contribution is 2.24. The van der Waals surface area contributed by atoms with Gasteiger partial charge in [-0.3, -0.25) is 4.79 Å². The van der Waals surface area contributed by atoms with Crippen LogP contribution in [0.4, 0.5) is 5.82 Å². The first-order chi connectivity index (χ1) is 13.6. The Morgan fingerprint density at radius 1 is 1.07 bits per heavy atom. The third kappa shape index (κ3) is 3.94. The highest BCUT2D eigenvalue weighted by atomic mass is 32.1. The molecule has 0 saturated carbocycles. The summed E-state index contributed by atoms with van der Waals surface area (Å²) in [4.78, 5) is 26.2. The summed E-state index contributed by atoms with van der Waals surface area (Å²) < 4.78 is 9.71. The van der Waals surface area contributed by atoms with Gasteiger partial charge >= 0.3 is 0 Å². The van der Waals surface area contributed by atoms with Crippen molar-refractivity contribution in [2.45, 2.75) is 13.8 Å². The monoisotopic (exact) mass is 396 g/mol. The summed E-state index contributed by atoms with van der Waals surface area (Å²) in [5.74, 6) is 2.70. The molecule has 1 fully saturated rings. The first-order valence-electron chi connectivity index (χ1n) is 9.02. The molecular weight excluding hydrogens is 376 g/mol. The van der Waals surface area contributed by atoms with Crippen molar-refractivity contribution >= 4 is 23.3 Å². The third-order valence-electron chi connectivity index (χ3n) is 4.50. The molecule has 1 amide bonds. The van der Waals surface area contributed by atoms with E-state index in [0.717, 1.165) is 23.1 Å². The number of aromatic nitrogens is 4. The number of anilines is 1. The lowest BCUT2D eigenvalue weighted by Gasteiger charge is -2.35. The highest BCUT2D eigenvalue weighted by Gasteiger charge is 2.26. The molecule has 3 heterocycles. The maximum absolute atomic E-state index is 12.6. The second kappa shape index (κ2) is 7.89. The predicted octanol–water partition coefficient (Wildman–Crippen LogP) is 2.70. The third-order valence-corrected chi connectivity index (χ3v) is 5.32. The number of carbonyl (C=O) groups is 1. The molecule has 1 saturated heterocycles. The van der Waals surface area contributed by atoms with Gasteiger partial charge in [0.2, 0.25) is 5.88 Å². The number of rotatable bonds is 4. The molecular formula is C19H20N6O2S. The fraction of sp³-hybridized carbons (Fsp3) is 0.316. The molecule has 9 heteroatoms. The van der Waals surface area contributed by atoms with Gasteiger partial charge in [0.15, 0.2) is 0 Å². The van der Waals surface area contributed by atoms with Crippen LogP contribution in [0.2, 0.25) is 0 Å². The lowest BCUT2D eigenvalue weighted by atomic mass is 10.2. The number of ether oxygens (including phenoxy) is 1. The number of amides is 1. The molecule has 3 aromatic rings. The van der Waals surface area contributed by atoms with Crippen molar-refractivity contribution in [2.75, 3.05) is 31.1 Å². The van der Waals surface area contributed by atoms with Gasteiger partial charge in [-0.15, -0.1) is 5.10 Å². The smallest absolute Gasteiger partial charge is 0.267 e. The number of aryl methyl sites for hydroxylation is 2. The predicted molar refractivity (Wildman–Crippen MR) is 106 cm³/mol. The molecule has 4 rings (SSSR count). The van der Waals surface area contributed by atoms with Crippen LogP contribution in [0.15, 0.2) is 36.4 Å². The summed E-state index contributed by atoms with van der Waals surface area (Å²) >= 11 is 1.15. The van der Waals surface area contributed by atoms with E-state index in [4.69, 9.17) is 4.74 Å². The minimum absolute atomic E-state index is 0.000817. The minimum atomic E-state index is -0.000817. The van der Waals surface area contributed by atoms with Crippen molar-refractivity contribution in [2.24, 2.45) is 0 Å². The fourth-order valence-corrected chi connectivity index (χ4v) is 3.68. The molecule has 0 radical (unpaired) electrons. The molecule has 0 aliphatic carbocycles. The number of nitrogens with zero attached hydrogens (tertiary/aromatic N) is 6. The van der Waals surface area contributed by atoms with E-state index in [1.165, 1.54) is 0 Å². The Labute approximate surface area is 167 Å². The van der Waals surface area contributed by atoms with E-state index in [9.17, 15) is 4.79 Å². The summed E-state index contributed by atoms with van der Waals surface area (Å²) in [5, 5.41) is 3.93. The standard InChI is InChI=1S/C19H20N6O2S/c1-13-18(28-23-22-13)19(26)25-10-8-24(9-11-25)16-12-17(21-14(2)20-16)27-15-6-4-3-5-7-15/h3-7,12H,8-11H2,1-2H3. The number of piperazine rings is 1. The van der Waals surface area contributed by atoms with Gasteiger partial charge in [-0.2, -0.15) is 4.98 Å². The van der Waals surface area contributed by atoms with Gasteiger partial charge in [0, 0.05) is 32.2 Å². The topological polar surface area (TPSA) is 84.3 Å². The van der Waals surface area contributed by atoms with Gasteiger partial charge in [0.1, 0.15) is 22.3 Å². The number of carbonyl (C=O) groups excluding carboxylic acids is 1. The van der Waals surface area contributed by atoms with E-state index in [0.29, 0.717) is 48.5 Å². The average molecular weight is 396 g/mol. The average Bonchev–Trinajstić information content (AvgIpc) is 3.14. The Hall–Kier alpha value is -3.07. The van der Waals surface area contributed by atoms with E-state index >= 15 is 0 Å². The molecule has 144 valence electrons. The first kappa shape index (κ1) is 18.3. The number of hydrogen-bond acceptors (Lipinski definition) is 8. The van der Waals surface area contributed by atoms with Crippen molar-refractivity contribution in [3.8, 4) is 11.6 Å². The van der Waals surface area contributed by atoms with Crippen molar-refractivity contribution in [1.82, 2.24) is 24.5 Å². The van der Waals surface area contributed by atoms with Gasteiger partial charge in [-0.05, 0) is 37.5 Å². The van der Waals surface area contributed by atoms with Gasteiger partial charge in [-0.25, -0.2) is 4.98 Å². The molecule has 1 aliphatic heterocycles. The second-order valence-electron chi connectivity index (χ2n) is 6.49. The number of benzene rings is 1. The van der Waals surface area contributed by atoms with Crippen molar-refractivity contribution in [1.29, 1.82) is 0 Å². The molecule has 2 aromatic heterocycles. The maximum Gasteiger partial charge on any atom is 0.267 e. The zero-order valence-electron chi connectivity index (χ0n) is 15.7. The van der Waals surface area contributed by atoms with Crippen LogP contribution in [-0.4, -0.2) is 56.5 Å². The van der Waals surface area contributed by atoms with Gasteiger partial charge in [0.05, 0.1) is 5.69 Å². The SMILES string of the molecule is Cc1nc(Oc2ccccc2)cc(N2CCN(C(=O)c3snnc3C)CC2)n1. The van der Waals surface area contributed by atoms with Gasteiger partial charge in [0.25, 0.3) is 5.91 Å². The Morgan fingerprint density at radius 2 is 1.82 bits per heavy atom. The van der Waals surface area contributed by atoms with Crippen LogP contribution in [0.25, 0.3) is 0 Å². The largest absolute Gasteiger partial charge is 0.439 e. The zero-order valence-corrected chi connectivity index (χ0v) is 16.5. The fourth-order valence-electron chi connectivity index (χ4n) is 3.06. The Kier molecular flexibility index (Phi) is 5.16. The summed E-state index contributed by atoms with van der Waals surface area (Å²) in [6.07, 6.45) is 0. The van der Waals surface area contributed by atoms with Crippen molar-refractivity contribution < 1.29 is 9.53 Å². The minimum Gasteiger partial charge on any atom is -0.439 e. The molecule has 0 spiro atoms. The highest BCUT2D eigenvalue weighted by molar-refractivity contribution is 7.07. The molecule has 1 aromatic carbocycles. The lowest BCUT2D eigenvalue weighted by Crippen LogP contribution is -2.49. The molecule has 28 heavy (non-hydrogen) atoms. The van der Waals surface area contributed by atoms with Crippen LogP contribution in [0.5, 0.6) is 11.6 Å². The summed E-state index contributed by atoms with van der Waals surface area (Å²) in [7, 11) is 0. The molecule has 1 aliphatic rings. The normalized spacial score (nSPS) is 14.2. The quantitative estimate of drug-likeness (QED) is 0.670. The first-order valence-corrected chi connectivity index (χ1v) is 9.79. The molecule has 0 unspecified atom stereocenters. The molecule has 8 nitrogen and oxygen atoms in total. The Balaban J connectivity index is 1.44. The summed E-state index contributed by atoms with van der Waals surface area (Å²) in [6.45, 7) is 6.28. The van der Waals surface area contributed by atoms with Crippen LogP contribution in [-0.2, 0) is 0 Å². The molecule has 0 N–H and O–H groups in total. The number of hydrogen-bond donors (Lipinski definition) is 0. The van der Waals surface area contributed by atoms with Crippen molar-refractivity contribution in [3.63, 3.8) is 0 Å². The van der Waals surface area contributed by atoms with E-state index in [-0.39, 0.29) is 5.91 Å². The van der Waals surface area contributed by atoms with Crippen LogP contribution in [0.3, 0.4) is 0 Å². The van der Waals surface area contributed by atoms with Crippen LogP contribution in [0, 0.1) is 13.8 Å². The van der Waals surface area contributed by atoms with Crippen LogP contribution in [0.1, 0.15) is 21.2 Å². The number of para-hydroxylation sites is 1.